The van der Waals surface area contributed by atoms with Crippen molar-refractivity contribution in [2.24, 2.45) is 0 Å². The minimum atomic E-state index is -3.08. The van der Waals surface area contributed by atoms with E-state index >= 15 is 0 Å². The standard InChI is InChI=1S/C21H26FNO5S/c1-27-20-5-7-21(8-6-20)28-14-19(24)13-23(18-9-10-29(25,26)15-18)12-16-3-2-4-17(22)11-16/h2-8,11,18-19,24H,9-10,12-15H2,1H3/t18-,19+/m1/s1. The van der Waals surface area contributed by atoms with Gasteiger partial charge in [0, 0.05) is 19.1 Å². The topological polar surface area (TPSA) is 76.1 Å². The van der Waals surface area contributed by atoms with E-state index in [9.17, 15) is 17.9 Å². The van der Waals surface area contributed by atoms with Crippen LogP contribution >= 0.6 is 0 Å². The minimum Gasteiger partial charge on any atom is -0.497 e. The molecule has 0 aliphatic carbocycles. The van der Waals surface area contributed by atoms with E-state index in [0.29, 0.717) is 24.5 Å². The van der Waals surface area contributed by atoms with Crippen molar-refractivity contribution in [1.29, 1.82) is 0 Å². The molecule has 0 bridgehead atoms. The zero-order chi connectivity index (χ0) is 20.9. The molecule has 0 amide bonds. The first kappa shape index (κ1) is 21.5. The number of rotatable bonds is 9. The van der Waals surface area contributed by atoms with Crippen LogP contribution in [0.3, 0.4) is 0 Å². The van der Waals surface area contributed by atoms with E-state index in [1.807, 2.05) is 4.90 Å². The summed E-state index contributed by atoms with van der Waals surface area (Å²) in [5, 5.41) is 10.5. The number of ether oxygens (including phenoxy) is 2. The summed E-state index contributed by atoms with van der Waals surface area (Å²) in [5.41, 5.74) is 0.734. The van der Waals surface area contributed by atoms with Crippen LogP contribution in [0.2, 0.25) is 0 Å². The van der Waals surface area contributed by atoms with Gasteiger partial charge in [0.2, 0.25) is 0 Å². The first-order valence-electron chi connectivity index (χ1n) is 9.48. The highest BCUT2D eigenvalue weighted by Gasteiger charge is 2.33. The van der Waals surface area contributed by atoms with Gasteiger partial charge in [0.25, 0.3) is 0 Å². The lowest BCUT2D eigenvalue weighted by Crippen LogP contribution is -2.42. The molecule has 1 saturated heterocycles. The molecule has 1 heterocycles. The van der Waals surface area contributed by atoms with Crippen LogP contribution in [0.25, 0.3) is 0 Å². The van der Waals surface area contributed by atoms with Crippen LogP contribution in [-0.2, 0) is 16.4 Å². The summed E-state index contributed by atoms with van der Waals surface area (Å²) in [6.07, 6.45) is -0.321. The van der Waals surface area contributed by atoms with Gasteiger partial charge in [-0.3, -0.25) is 4.90 Å². The lowest BCUT2D eigenvalue weighted by molar-refractivity contribution is 0.0524. The van der Waals surface area contributed by atoms with Crippen molar-refractivity contribution >= 4 is 9.84 Å². The Balaban J connectivity index is 1.63. The van der Waals surface area contributed by atoms with E-state index in [0.717, 1.165) is 5.56 Å². The van der Waals surface area contributed by atoms with E-state index in [1.165, 1.54) is 12.1 Å². The second-order valence-electron chi connectivity index (χ2n) is 7.26. The highest BCUT2D eigenvalue weighted by molar-refractivity contribution is 7.91. The number of methoxy groups -OCH3 is 1. The first-order chi connectivity index (χ1) is 13.8. The zero-order valence-corrected chi connectivity index (χ0v) is 17.1. The summed E-state index contributed by atoms with van der Waals surface area (Å²) in [6.45, 7) is 0.649. The predicted octanol–water partition coefficient (Wildman–Crippen LogP) is 2.26. The molecule has 3 rings (SSSR count). The lowest BCUT2D eigenvalue weighted by atomic mass is 10.1. The van der Waals surface area contributed by atoms with E-state index < -0.39 is 15.9 Å². The Morgan fingerprint density at radius 3 is 2.55 bits per heavy atom. The fraction of sp³-hybridized carbons (Fsp3) is 0.429. The van der Waals surface area contributed by atoms with Crippen molar-refractivity contribution in [2.75, 3.05) is 31.8 Å². The van der Waals surface area contributed by atoms with E-state index in [2.05, 4.69) is 0 Å². The molecule has 0 radical (unpaired) electrons. The first-order valence-corrected chi connectivity index (χ1v) is 11.3. The van der Waals surface area contributed by atoms with Crippen LogP contribution < -0.4 is 9.47 Å². The van der Waals surface area contributed by atoms with Crippen LogP contribution in [-0.4, -0.2) is 62.3 Å². The number of halogens is 1. The third kappa shape index (κ3) is 6.42. The van der Waals surface area contributed by atoms with Crippen molar-refractivity contribution in [2.45, 2.75) is 25.1 Å². The zero-order valence-electron chi connectivity index (χ0n) is 16.3. The van der Waals surface area contributed by atoms with E-state index in [4.69, 9.17) is 9.47 Å². The van der Waals surface area contributed by atoms with Gasteiger partial charge in [-0.25, -0.2) is 12.8 Å². The SMILES string of the molecule is COc1ccc(OC[C@@H](O)CN(Cc2cccc(F)c2)[C@@H]2CCS(=O)(=O)C2)cc1. The van der Waals surface area contributed by atoms with Gasteiger partial charge >= 0.3 is 0 Å². The van der Waals surface area contributed by atoms with Gasteiger partial charge in [0.1, 0.15) is 30.0 Å². The summed E-state index contributed by atoms with van der Waals surface area (Å²) in [7, 11) is -1.50. The van der Waals surface area contributed by atoms with Gasteiger partial charge < -0.3 is 14.6 Å². The molecule has 2 atom stereocenters. The molecule has 6 nitrogen and oxygen atoms in total. The minimum absolute atomic E-state index is 0.0500. The number of hydrogen-bond acceptors (Lipinski definition) is 6. The van der Waals surface area contributed by atoms with Gasteiger partial charge in [-0.15, -0.1) is 0 Å². The molecule has 29 heavy (non-hydrogen) atoms. The summed E-state index contributed by atoms with van der Waals surface area (Å²) < 4.78 is 48.1. The maximum absolute atomic E-state index is 13.6. The Bertz CT molecular complexity index is 904. The molecule has 2 aromatic rings. The van der Waals surface area contributed by atoms with Gasteiger partial charge in [0.05, 0.1) is 18.6 Å². The molecule has 1 fully saturated rings. The Hall–Kier alpha value is -2.16. The Kier molecular flexibility index (Phi) is 7.10. The smallest absolute Gasteiger partial charge is 0.151 e. The van der Waals surface area contributed by atoms with Gasteiger partial charge in [-0.05, 0) is 48.4 Å². The largest absolute Gasteiger partial charge is 0.497 e. The highest BCUT2D eigenvalue weighted by Crippen LogP contribution is 2.21. The van der Waals surface area contributed by atoms with Crippen LogP contribution in [0, 0.1) is 5.82 Å². The fourth-order valence-electron chi connectivity index (χ4n) is 3.46. The van der Waals surface area contributed by atoms with E-state index in [-0.39, 0.29) is 36.5 Å². The van der Waals surface area contributed by atoms with Gasteiger partial charge in [0.15, 0.2) is 9.84 Å². The van der Waals surface area contributed by atoms with Crippen molar-refractivity contribution < 1.29 is 27.4 Å². The van der Waals surface area contributed by atoms with Crippen molar-refractivity contribution in [3.63, 3.8) is 0 Å². The second-order valence-corrected chi connectivity index (χ2v) is 9.49. The summed E-state index contributed by atoms with van der Waals surface area (Å²) in [5.74, 6) is 1.15. The van der Waals surface area contributed by atoms with E-state index in [1.54, 1.807) is 43.5 Å². The van der Waals surface area contributed by atoms with Crippen molar-refractivity contribution in [3.8, 4) is 11.5 Å². The molecule has 0 unspecified atom stereocenters. The number of sulfone groups is 1. The Morgan fingerprint density at radius 2 is 1.93 bits per heavy atom. The molecule has 2 aromatic carbocycles. The summed E-state index contributed by atoms with van der Waals surface area (Å²) in [6, 6.07) is 13.0. The molecular weight excluding hydrogens is 397 g/mol. The van der Waals surface area contributed by atoms with Crippen LogP contribution in [0.5, 0.6) is 11.5 Å². The maximum Gasteiger partial charge on any atom is 0.151 e. The van der Waals surface area contributed by atoms with Crippen molar-refractivity contribution in [3.05, 3.63) is 59.9 Å². The number of aliphatic hydroxyl groups excluding tert-OH is 1. The third-order valence-corrected chi connectivity index (χ3v) is 6.70. The lowest BCUT2D eigenvalue weighted by Gasteiger charge is -2.30. The van der Waals surface area contributed by atoms with Gasteiger partial charge in [-0.1, -0.05) is 12.1 Å². The molecule has 0 saturated carbocycles. The Morgan fingerprint density at radius 1 is 1.21 bits per heavy atom. The molecular formula is C21H26FNO5S. The molecule has 1 aliphatic rings. The predicted molar refractivity (Wildman–Crippen MR) is 108 cm³/mol. The third-order valence-electron chi connectivity index (χ3n) is 4.95. The second kappa shape index (κ2) is 9.56. The summed E-state index contributed by atoms with van der Waals surface area (Å²) >= 11 is 0. The molecule has 1 aliphatic heterocycles. The Labute approximate surface area is 170 Å². The van der Waals surface area contributed by atoms with Crippen LogP contribution in [0.15, 0.2) is 48.5 Å². The molecule has 8 heteroatoms. The maximum atomic E-state index is 13.6. The molecule has 158 valence electrons. The number of hydrogen-bond donors (Lipinski definition) is 1. The fourth-order valence-corrected chi connectivity index (χ4v) is 5.23. The molecule has 0 aromatic heterocycles. The normalized spacial score (nSPS) is 19.2. The summed E-state index contributed by atoms with van der Waals surface area (Å²) in [4.78, 5) is 1.90. The molecule has 0 spiro atoms. The van der Waals surface area contributed by atoms with Crippen LogP contribution in [0.4, 0.5) is 4.39 Å². The van der Waals surface area contributed by atoms with Crippen molar-refractivity contribution in [1.82, 2.24) is 4.90 Å². The quantitative estimate of drug-likeness (QED) is 0.667. The average molecular weight is 424 g/mol. The molecule has 1 N–H and O–H groups in total. The van der Waals surface area contributed by atoms with Gasteiger partial charge in [-0.2, -0.15) is 0 Å². The number of aliphatic hydroxyl groups is 1. The van der Waals surface area contributed by atoms with Crippen LogP contribution in [0.1, 0.15) is 12.0 Å². The highest BCUT2D eigenvalue weighted by atomic mass is 32.2. The number of nitrogens with zero attached hydrogens (tertiary/aromatic N) is 1. The monoisotopic (exact) mass is 423 g/mol. The average Bonchev–Trinajstić information content (AvgIpc) is 3.06. The number of benzene rings is 2.